The molecule has 4 aromatic rings. The number of rotatable bonds is 3. The fourth-order valence-electron chi connectivity index (χ4n) is 3.14. The van der Waals surface area contributed by atoms with E-state index in [9.17, 15) is 18.3 Å². The smallest absolute Gasteiger partial charge is 0.364 e. The lowest BCUT2D eigenvalue weighted by Crippen LogP contribution is -2.05. The van der Waals surface area contributed by atoms with Gasteiger partial charge < -0.3 is 9.84 Å². The Balaban J connectivity index is 1.96. The Hall–Kier alpha value is -2.42. The zero-order valence-electron chi connectivity index (χ0n) is 14.4. The lowest BCUT2D eigenvalue weighted by Gasteiger charge is -2.11. The first kappa shape index (κ1) is 18.0. The molecule has 0 aliphatic carbocycles. The Morgan fingerprint density at radius 2 is 1.85 bits per heavy atom. The molecule has 0 radical (unpaired) electrons. The van der Waals surface area contributed by atoms with Gasteiger partial charge in [0.1, 0.15) is 0 Å². The molecule has 140 valence electrons. The van der Waals surface area contributed by atoms with Crippen molar-refractivity contribution in [2.75, 3.05) is 7.11 Å². The number of benzene rings is 2. The van der Waals surface area contributed by atoms with Gasteiger partial charge in [-0.1, -0.05) is 6.07 Å². The average Bonchev–Trinajstić information content (AvgIpc) is 3.14. The predicted octanol–water partition coefficient (Wildman–Crippen LogP) is 5.20. The van der Waals surface area contributed by atoms with Crippen LogP contribution >= 0.6 is 11.3 Å². The van der Waals surface area contributed by atoms with Crippen molar-refractivity contribution in [3.63, 3.8) is 0 Å². The summed E-state index contributed by atoms with van der Waals surface area (Å²) in [6.07, 6.45) is -5.43. The van der Waals surface area contributed by atoms with Crippen molar-refractivity contribution in [2.24, 2.45) is 0 Å². The van der Waals surface area contributed by atoms with Gasteiger partial charge in [-0.15, -0.1) is 11.3 Å². The second-order valence-corrected chi connectivity index (χ2v) is 7.33. The summed E-state index contributed by atoms with van der Waals surface area (Å²) in [4.78, 5) is 4.56. The van der Waals surface area contributed by atoms with Crippen LogP contribution in [0.15, 0.2) is 42.5 Å². The number of halogens is 3. The normalized spacial score (nSPS) is 13.6. The highest BCUT2D eigenvalue weighted by Gasteiger charge is 2.30. The third kappa shape index (κ3) is 2.99. The Bertz CT molecular complexity index is 1130. The topological polar surface area (TPSA) is 47.3 Å². The zero-order valence-corrected chi connectivity index (χ0v) is 15.2. The fraction of sp³-hybridized carbons (Fsp3) is 0.211. The van der Waals surface area contributed by atoms with E-state index in [2.05, 4.69) is 4.98 Å². The van der Waals surface area contributed by atoms with E-state index >= 15 is 0 Å². The van der Waals surface area contributed by atoms with Gasteiger partial charge in [-0.2, -0.15) is 13.2 Å². The molecule has 4 rings (SSSR count). The number of hydrogen-bond donors (Lipinski definition) is 1. The van der Waals surface area contributed by atoms with Gasteiger partial charge in [-0.05, 0) is 43.3 Å². The first-order valence-electron chi connectivity index (χ1n) is 8.09. The highest BCUT2D eigenvalue weighted by molar-refractivity contribution is 7.19. The number of aryl methyl sites for hydroxylation is 1. The maximum absolute atomic E-state index is 12.9. The summed E-state index contributed by atoms with van der Waals surface area (Å²) in [5.74, 6) is 0. The van der Waals surface area contributed by atoms with Crippen LogP contribution in [0.5, 0.6) is 0 Å². The van der Waals surface area contributed by atoms with Crippen LogP contribution in [-0.2, 0) is 10.9 Å². The first-order valence-corrected chi connectivity index (χ1v) is 8.91. The number of aliphatic hydroxyl groups is 1. The van der Waals surface area contributed by atoms with E-state index in [0.717, 1.165) is 32.7 Å². The molecule has 0 aliphatic heterocycles. The molecule has 4 nitrogen and oxygen atoms in total. The fourth-order valence-corrected chi connectivity index (χ4v) is 4.07. The number of aliphatic hydroxyl groups excluding tert-OH is 1. The molecule has 8 heteroatoms. The van der Waals surface area contributed by atoms with Gasteiger partial charge >= 0.3 is 6.18 Å². The van der Waals surface area contributed by atoms with Gasteiger partial charge in [0.15, 0.2) is 11.9 Å². The molecule has 0 spiro atoms. The Morgan fingerprint density at radius 1 is 1.15 bits per heavy atom. The molecule has 0 fully saturated rings. The second-order valence-electron chi connectivity index (χ2n) is 6.13. The number of ether oxygens (including phenoxy) is 1. The van der Waals surface area contributed by atoms with Gasteiger partial charge in [0.05, 0.1) is 20.8 Å². The molecule has 0 bridgehead atoms. The molecule has 27 heavy (non-hydrogen) atoms. The van der Waals surface area contributed by atoms with Crippen LogP contribution in [0.4, 0.5) is 13.2 Å². The molecule has 0 aliphatic rings. The summed E-state index contributed by atoms with van der Waals surface area (Å²) in [5.41, 5.74) is 1.97. The van der Waals surface area contributed by atoms with Crippen molar-refractivity contribution in [1.29, 1.82) is 0 Å². The summed E-state index contributed by atoms with van der Waals surface area (Å²) in [6, 6.07) is 10.4. The summed E-state index contributed by atoms with van der Waals surface area (Å²) in [7, 11) is 1.41. The van der Waals surface area contributed by atoms with Gasteiger partial charge in [0.2, 0.25) is 0 Å². The van der Waals surface area contributed by atoms with Crippen LogP contribution in [0.1, 0.15) is 22.4 Å². The van der Waals surface area contributed by atoms with Crippen LogP contribution in [-0.4, -0.2) is 21.8 Å². The van der Waals surface area contributed by atoms with Gasteiger partial charge in [-0.25, -0.2) is 4.98 Å². The minimum atomic E-state index is -4.38. The number of methoxy groups -OCH3 is 1. The molecule has 2 aromatic carbocycles. The Morgan fingerprint density at radius 3 is 2.48 bits per heavy atom. The third-order valence-electron chi connectivity index (χ3n) is 4.40. The van der Waals surface area contributed by atoms with Crippen LogP contribution in [0.2, 0.25) is 0 Å². The molecular weight excluding hydrogens is 377 g/mol. The lowest BCUT2D eigenvalue weighted by atomic mass is 10.1. The van der Waals surface area contributed by atoms with Crippen molar-refractivity contribution in [2.45, 2.75) is 19.4 Å². The maximum atomic E-state index is 12.9. The molecule has 1 atom stereocenters. The highest BCUT2D eigenvalue weighted by atomic mass is 32.1. The quantitative estimate of drug-likeness (QED) is 0.487. The van der Waals surface area contributed by atoms with Gasteiger partial charge in [-0.3, -0.25) is 4.57 Å². The monoisotopic (exact) mass is 392 g/mol. The second kappa shape index (κ2) is 6.33. The maximum Gasteiger partial charge on any atom is 0.416 e. The van der Waals surface area contributed by atoms with E-state index in [0.29, 0.717) is 16.9 Å². The lowest BCUT2D eigenvalue weighted by molar-refractivity contribution is -0.137. The minimum Gasteiger partial charge on any atom is -0.364 e. The number of hydrogen-bond acceptors (Lipinski definition) is 4. The van der Waals surface area contributed by atoms with Crippen molar-refractivity contribution in [3.05, 3.63) is 58.6 Å². The van der Waals surface area contributed by atoms with Gasteiger partial charge in [0, 0.05) is 23.7 Å². The van der Waals surface area contributed by atoms with Crippen LogP contribution in [0, 0.1) is 6.92 Å². The van der Waals surface area contributed by atoms with E-state index in [1.54, 1.807) is 6.07 Å². The van der Waals surface area contributed by atoms with Crippen molar-refractivity contribution in [1.82, 2.24) is 9.55 Å². The zero-order chi connectivity index (χ0) is 19.3. The number of alkyl halides is 3. The Kier molecular flexibility index (Phi) is 4.21. The summed E-state index contributed by atoms with van der Waals surface area (Å²) in [6.45, 7) is 1.88. The molecule has 0 saturated heterocycles. The molecule has 0 amide bonds. The molecule has 1 unspecified atom stereocenters. The van der Waals surface area contributed by atoms with E-state index < -0.39 is 18.0 Å². The van der Waals surface area contributed by atoms with E-state index in [4.69, 9.17) is 4.74 Å². The molecule has 2 heterocycles. The molecule has 2 aromatic heterocycles. The largest absolute Gasteiger partial charge is 0.416 e. The van der Waals surface area contributed by atoms with Crippen LogP contribution in [0.25, 0.3) is 26.9 Å². The van der Waals surface area contributed by atoms with Crippen LogP contribution < -0.4 is 0 Å². The van der Waals surface area contributed by atoms with Gasteiger partial charge in [0.25, 0.3) is 0 Å². The molecule has 0 saturated carbocycles. The number of fused-ring (bicyclic) bond motifs is 3. The number of nitrogens with zero attached hydrogens (tertiary/aromatic N) is 2. The van der Waals surface area contributed by atoms with E-state index in [1.165, 1.54) is 30.6 Å². The minimum absolute atomic E-state index is 0.591. The van der Waals surface area contributed by atoms with Crippen molar-refractivity contribution >= 4 is 32.6 Å². The van der Waals surface area contributed by atoms with E-state index in [-0.39, 0.29) is 0 Å². The van der Waals surface area contributed by atoms with E-state index in [1.807, 2.05) is 23.6 Å². The summed E-state index contributed by atoms with van der Waals surface area (Å²) < 4.78 is 46.3. The van der Waals surface area contributed by atoms with Crippen LogP contribution in [0.3, 0.4) is 0 Å². The highest BCUT2D eigenvalue weighted by Crippen LogP contribution is 2.37. The van der Waals surface area contributed by atoms with Crippen molar-refractivity contribution in [3.8, 4) is 5.69 Å². The SMILES string of the molecule is COC(O)c1ccc2c(c1)c1sc(C)nc1n2-c1ccc(C(F)(F)F)cc1. The van der Waals surface area contributed by atoms with Crippen molar-refractivity contribution < 1.29 is 23.0 Å². The summed E-state index contributed by atoms with van der Waals surface area (Å²) in [5, 5.41) is 11.7. The summed E-state index contributed by atoms with van der Waals surface area (Å²) >= 11 is 1.50. The Labute approximate surface area is 156 Å². The molecule has 1 N–H and O–H groups in total. The number of thiazole rings is 1. The third-order valence-corrected chi connectivity index (χ3v) is 5.39. The first-order chi connectivity index (χ1) is 12.8. The number of aromatic nitrogens is 2. The predicted molar refractivity (Wildman–Crippen MR) is 98.2 cm³/mol. The average molecular weight is 392 g/mol. The standard InChI is InChI=1S/C19H15F3N2O2S/c1-10-23-17-16(27-10)14-9-11(18(25)26-2)3-8-15(14)24(17)13-6-4-12(5-7-13)19(20,21)22/h3-9,18,25H,1-2H3. The molecular formula is C19H15F3N2O2S.